The minimum Gasteiger partial charge on any atom is -0.494 e. The lowest BCUT2D eigenvalue weighted by Gasteiger charge is -2.08. The maximum Gasteiger partial charge on any atom is 0.335 e. The van der Waals surface area contributed by atoms with Crippen molar-refractivity contribution in [3.8, 4) is 16.9 Å². The quantitative estimate of drug-likeness (QED) is 0.310. The topological polar surface area (TPSA) is 46.5 Å². The van der Waals surface area contributed by atoms with Crippen molar-refractivity contribution >= 4 is 5.97 Å². The number of benzene rings is 2. The first kappa shape index (κ1) is 21.4. The first-order valence-electron chi connectivity index (χ1n) is 11.3. The van der Waals surface area contributed by atoms with Gasteiger partial charge in [0.05, 0.1) is 12.2 Å². The lowest BCUT2D eigenvalue weighted by Crippen LogP contribution is -1.98. The molecule has 0 atom stereocenters. The fourth-order valence-corrected chi connectivity index (χ4v) is 4.19. The van der Waals surface area contributed by atoms with Crippen LogP contribution in [0.25, 0.3) is 11.1 Å². The second kappa shape index (κ2) is 11.0. The molecule has 0 bridgehead atoms. The Morgan fingerprint density at radius 1 is 0.828 bits per heavy atom. The van der Waals surface area contributed by atoms with Gasteiger partial charge in [-0.15, -0.1) is 0 Å². The Balaban J connectivity index is 1.36. The van der Waals surface area contributed by atoms with Crippen molar-refractivity contribution in [2.24, 2.45) is 0 Å². The van der Waals surface area contributed by atoms with Crippen LogP contribution in [0.2, 0.25) is 0 Å². The molecule has 0 fully saturated rings. The van der Waals surface area contributed by atoms with Crippen LogP contribution in [0.4, 0.5) is 0 Å². The number of carboxylic acids is 1. The van der Waals surface area contributed by atoms with Gasteiger partial charge in [0.25, 0.3) is 0 Å². The van der Waals surface area contributed by atoms with Gasteiger partial charge in [0, 0.05) is 0 Å². The van der Waals surface area contributed by atoms with Gasteiger partial charge in [-0.2, -0.15) is 0 Å². The zero-order chi connectivity index (χ0) is 20.5. The Labute approximate surface area is 175 Å². The molecule has 1 N–H and O–H groups in total. The van der Waals surface area contributed by atoms with E-state index in [0.29, 0.717) is 5.56 Å². The number of aromatic carboxylic acids is 1. The Morgan fingerprint density at radius 3 is 2.07 bits per heavy atom. The van der Waals surface area contributed by atoms with E-state index < -0.39 is 5.97 Å². The summed E-state index contributed by atoms with van der Waals surface area (Å²) >= 11 is 0. The molecule has 0 aliphatic heterocycles. The summed E-state index contributed by atoms with van der Waals surface area (Å²) in [5.74, 6) is 0.0511. The number of hydrogen-bond donors (Lipinski definition) is 1. The molecule has 0 spiro atoms. The van der Waals surface area contributed by atoms with Crippen LogP contribution in [0.3, 0.4) is 0 Å². The van der Waals surface area contributed by atoms with E-state index in [1.165, 1.54) is 68.9 Å². The van der Waals surface area contributed by atoms with Crippen molar-refractivity contribution in [2.45, 2.75) is 77.6 Å². The smallest absolute Gasteiger partial charge is 0.335 e. The minimum absolute atomic E-state index is 0.356. The Bertz CT molecular complexity index is 810. The van der Waals surface area contributed by atoms with Crippen LogP contribution in [-0.2, 0) is 6.42 Å². The third-order valence-electron chi connectivity index (χ3n) is 5.87. The maximum atomic E-state index is 11.2. The highest BCUT2D eigenvalue weighted by Crippen LogP contribution is 2.38. The largest absolute Gasteiger partial charge is 0.494 e. The summed E-state index contributed by atoms with van der Waals surface area (Å²) in [7, 11) is 0. The summed E-state index contributed by atoms with van der Waals surface area (Å²) in [6, 6.07) is 11.7. The summed E-state index contributed by atoms with van der Waals surface area (Å²) in [5, 5.41) is 9.19. The molecule has 3 heteroatoms. The molecule has 0 unspecified atom stereocenters. The van der Waals surface area contributed by atoms with Gasteiger partial charge in [-0.25, -0.2) is 4.79 Å². The van der Waals surface area contributed by atoms with E-state index in [0.717, 1.165) is 36.3 Å². The zero-order valence-corrected chi connectivity index (χ0v) is 17.7. The number of fused-ring (bicyclic) bond motifs is 3. The van der Waals surface area contributed by atoms with Crippen molar-refractivity contribution in [1.29, 1.82) is 0 Å². The van der Waals surface area contributed by atoms with Crippen LogP contribution >= 0.6 is 0 Å². The van der Waals surface area contributed by atoms with E-state index >= 15 is 0 Å². The second-order valence-corrected chi connectivity index (χ2v) is 8.20. The molecule has 0 radical (unpaired) electrons. The minimum atomic E-state index is -0.871. The molecule has 1 aliphatic rings. The van der Waals surface area contributed by atoms with Crippen molar-refractivity contribution in [2.75, 3.05) is 6.61 Å². The molecule has 156 valence electrons. The van der Waals surface area contributed by atoms with E-state index in [9.17, 15) is 9.90 Å². The maximum absolute atomic E-state index is 11.2. The molecule has 2 aromatic rings. The highest BCUT2D eigenvalue weighted by Gasteiger charge is 2.20. The van der Waals surface area contributed by atoms with E-state index in [1.807, 2.05) is 12.1 Å². The summed E-state index contributed by atoms with van der Waals surface area (Å²) in [6.45, 7) is 3.03. The Morgan fingerprint density at radius 2 is 1.41 bits per heavy atom. The number of hydrogen-bond acceptors (Lipinski definition) is 2. The SMILES string of the molecule is CCCCCCCCCCCCOc1ccc2c(c1)Cc1cc(C(=O)O)ccc1-2. The average Bonchev–Trinajstić information content (AvgIpc) is 3.08. The predicted octanol–water partition coefficient (Wildman–Crippen LogP) is 7.26. The van der Waals surface area contributed by atoms with Crippen LogP contribution in [0.5, 0.6) is 5.75 Å². The fourth-order valence-electron chi connectivity index (χ4n) is 4.19. The second-order valence-electron chi connectivity index (χ2n) is 8.20. The molecule has 0 saturated carbocycles. The summed E-state index contributed by atoms with van der Waals surface area (Å²) in [6.07, 6.45) is 14.1. The molecule has 0 aromatic heterocycles. The van der Waals surface area contributed by atoms with Gasteiger partial charge in [-0.05, 0) is 59.4 Å². The molecule has 0 heterocycles. The van der Waals surface area contributed by atoms with Crippen LogP contribution in [-0.4, -0.2) is 17.7 Å². The molecule has 0 saturated heterocycles. The average molecular weight is 395 g/mol. The normalized spacial score (nSPS) is 11.9. The highest BCUT2D eigenvalue weighted by molar-refractivity contribution is 5.90. The van der Waals surface area contributed by atoms with Crippen LogP contribution in [0.1, 0.15) is 92.6 Å². The van der Waals surface area contributed by atoms with Crippen LogP contribution in [0.15, 0.2) is 36.4 Å². The molecular formula is C26H34O3. The Hall–Kier alpha value is -2.29. The summed E-state index contributed by atoms with van der Waals surface area (Å²) < 4.78 is 5.97. The molecule has 29 heavy (non-hydrogen) atoms. The molecule has 2 aromatic carbocycles. The van der Waals surface area contributed by atoms with Crippen molar-refractivity contribution in [1.82, 2.24) is 0 Å². The number of carbonyl (C=O) groups is 1. The highest BCUT2D eigenvalue weighted by atomic mass is 16.5. The number of rotatable bonds is 13. The predicted molar refractivity (Wildman–Crippen MR) is 119 cm³/mol. The van der Waals surface area contributed by atoms with E-state index in [1.54, 1.807) is 12.1 Å². The van der Waals surface area contributed by atoms with Gasteiger partial charge >= 0.3 is 5.97 Å². The summed E-state index contributed by atoms with van der Waals surface area (Å²) in [5.41, 5.74) is 5.01. The monoisotopic (exact) mass is 394 g/mol. The number of ether oxygens (including phenoxy) is 1. The molecule has 0 amide bonds. The van der Waals surface area contributed by atoms with Crippen molar-refractivity contribution < 1.29 is 14.6 Å². The van der Waals surface area contributed by atoms with Crippen molar-refractivity contribution in [3.05, 3.63) is 53.1 Å². The van der Waals surface area contributed by atoms with Crippen LogP contribution in [0, 0.1) is 0 Å². The molecule has 3 rings (SSSR count). The zero-order valence-electron chi connectivity index (χ0n) is 17.7. The van der Waals surface area contributed by atoms with E-state index in [2.05, 4.69) is 19.1 Å². The van der Waals surface area contributed by atoms with Gasteiger partial charge < -0.3 is 9.84 Å². The van der Waals surface area contributed by atoms with Gasteiger partial charge in [0.1, 0.15) is 5.75 Å². The van der Waals surface area contributed by atoms with Gasteiger partial charge in [0.15, 0.2) is 0 Å². The molecule has 1 aliphatic carbocycles. The third-order valence-corrected chi connectivity index (χ3v) is 5.87. The standard InChI is InChI=1S/C26H34O3/c1-2-3-4-5-6-7-8-9-10-11-16-29-23-13-15-25-22(19-23)18-21-17-20(26(27)28)12-14-24(21)25/h12-15,17,19H,2-11,16,18H2,1H3,(H,27,28). The Kier molecular flexibility index (Phi) is 8.15. The van der Waals surface area contributed by atoms with E-state index in [4.69, 9.17) is 4.74 Å². The van der Waals surface area contributed by atoms with Crippen LogP contribution < -0.4 is 4.74 Å². The number of carboxylic acid groups (broad SMARTS) is 1. The van der Waals surface area contributed by atoms with Gasteiger partial charge in [-0.3, -0.25) is 0 Å². The first-order valence-corrected chi connectivity index (χ1v) is 11.3. The lowest BCUT2D eigenvalue weighted by atomic mass is 10.0. The number of unbranched alkanes of at least 4 members (excludes halogenated alkanes) is 9. The van der Waals surface area contributed by atoms with E-state index in [-0.39, 0.29) is 0 Å². The fraction of sp³-hybridized carbons (Fsp3) is 0.500. The van der Waals surface area contributed by atoms with Gasteiger partial charge in [-0.1, -0.05) is 76.8 Å². The lowest BCUT2D eigenvalue weighted by molar-refractivity contribution is 0.0697. The third kappa shape index (κ3) is 6.09. The summed E-state index contributed by atoms with van der Waals surface area (Å²) in [4.78, 5) is 11.2. The molecular weight excluding hydrogens is 360 g/mol. The van der Waals surface area contributed by atoms with Crippen molar-refractivity contribution in [3.63, 3.8) is 0 Å². The first-order chi connectivity index (χ1) is 14.2. The molecule has 3 nitrogen and oxygen atoms in total. The van der Waals surface area contributed by atoms with Gasteiger partial charge in [0.2, 0.25) is 0 Å².